The normalized spacial score (nSPS) is 21.7. The lowest BCUT2D eigenvalue weighted by Gasteiger charge is -2.29. The van der Waals surface area contributed by atoms with Crippen LogP contribution in [0.1, 0.15) is 35.9 Å². The molecule has 2 N–H and O–H groups in total. The summed E-state index contributed by atoms with van der Waals surface area (Å²) in [5, 5.41) is 7.05. The number of rotatable bonds is 3. The molecular weight excluding hydrogens is 326 g/mol. The Morgan fingerprint density at radius 2 is 1.62 bits per heavy atom. The molecule has 2 aromatic carbocycles. The molecule has 0 spiro atoms. The Bertz CT molecular complexity index is 790. The summed E-state index contributed by atoms with van der Waals surface area (Å²) >= 11 is 0. The van der Waals surface area contributed by atoms with Gasteiger partial charge in [-0.2, -0.15) is 0 Å². The van der Waals surface area contributed by atoms with E-state index in [1.807, 2.05) is 31.3 Å². The monoisotopic (exact) mass is 351 g/mol. The summed E-state index contributed by atoms with van der Waals surface area (Å²) in [5.74, 6) is 3.23. The van der Waals surface area contributed by atoms with Crippen molar-refractivity contribution in [2.75, 3.05) is 26.8 Å². The maximum absolute atomic E-state index is 5.76. The van der Waals surface area contributed by atoms with Gasteiger partial charge in [0.15, 0.2) is 5.96 Å². The first kappa shape index (κ1) is 16.8. The van der Waals surface area contributed by atoms with Gasteiger partial charge in [-0.25, -0.2) is 0 Å². The molecule has 2 atom stereocenters. The highest BCUT2D eigenvalue weighted by molar-refractivity contribution is 5.80. The molecule has 0 fully saturated rings. The minimum absolute atomic E-state index is 0.216. The van der Waals surface area contributed by atoms with Crippen molar-refractivity contribution < 1.29 is 9.47 Å². The summed E-state index contributed by atoms with van der Waals surface area (Å²) in [6.07, 6.45) is 1.94. The molecule has 0 aliphatic carbocycles. The number of para-hydroxylation sites is 2. The summed E-state index contributed by atoms with van der Waals surface area (Å²) in [7, 11) is 1.82. The molecule has 0 amide bonds. The van der Waals surface area contributed by atoms with Crippen LogP contribution < -0.4 is 20.1 Å². The van der Waals surface area contributed by atoms with E-state index < -0.39 is 0 Å². The highest BCUT2D eigenvalue weighted by Crippen LogP contribution is 2.33. The Hall–Kier alpha value is -2.69. The average Bonchev–Trinajstić information content (AvgIpc) is 2.71. The predicted molar refractivity (Wildman–Crippen MR) is 103 cm³/mol. The Balaban J connectivity index is 1.41. The van der Waals surface area contributed by atoms with Crippen molar-refractivity contribution in [3.63, 3.8) is 0 Å². The number of hydrogen-bond donors (Lipinski definition) is 2. The fourth-order valence-corrected chi connectivity index (χ4v) is 3.70. The van der Waals surface area contributed by atoms with Crippen molar-refractivity contribution in [3.8, 4) is 11.5 Å². The molecule has 0 radical (unpaired) electrons. The van der Waals surface area contributed by atoms with Crippen molar-refractivity contribution in [2.24, 2.45) is 4.99 Å². The zero-order valence-corrected chi connectivity index (χ0v) is 15.1. The van der Waals surface area contributed by atoms with Gasteiger partial charge in [0.25, 0.3) is 0 Å². The lowest BCUT2D eigenvalue weighted by atomic mass is 9.93. The van der Waals surface area contributed by atoms with E-state index in [0.717, 1.165) is 50.1 Å². The van der Waals surface area contributed by atoms with Crippen LogP contribution in [0.15, 0.2) is 53.5 Å². The Kier molecular flexibility index (Phi) is 4.95. The Morgan fingerprint density at radius 3 is 2.38 bits per heavy atom. The highest BCUT2D eigenvalue weighted by atomic mass is 16.5. The Labute approximate surface area is 154 Å². The molecule has 26 heavy (non-hydrogen) atoms. The molecular formula is C21H25N3O2. The standard InChI is InChI=1S/C21H25N3O2/c1-22-21(24-18-11-13-26-20-9-5-3-7-17(18)20)23-14-15-10-12-25-19-8-4-2-6-16(15)19/h2-9,15,18H,10-14H2,1H3,(H2,22,23,24). The van der Waals surface area contributed by atoms with Crippen molar-refractivity contribution in [1.82, 2.24) is 10.6 Å². The molecule has 2 aromatic rings. The summed E-state index contributed by atoms with van der Waals surface area (Å²) in [5.41, 5.74) is 2.47. The summed E-state index contributed by atoms with van der Waals surface area (Å²) in [6, 6.07) is 16.7. The van der Waals surface area contributed by atoms with Gasteiger partial charge in [0.1, 0.15) is 11.5 Å². The van der Waals surface area contributed by atoms with Gasteiger partial charge < -0.3 is 20.1 Å². The first-order chi connectivity index (χ1) is 12.8. The lowest BCUT2D eigenvalue weighted by Crippen LogP contribution is -2.42. The van der Waals surface area contributed by atoms with Gasteiger partial charge in [0.2, 0.25) is 0 Å². The minimum atomic E-state index is 0.216. The molecule has 4 rings (SSSR count). The van der Waals surface area contributed by atoms with Gasteiger partial charge in [-0.15, -0.1) is 0 Å². The molecule has 2 aliphatic heterocycles. The first-order valence-electron chi connectivity index (χ1n) is 9.26. The molecule has 5 nitrogen and oxygen atoms in total. The van der Waals surface area contributed by atoms with E-state index >= 15 is 0 Å². The molecule has 2 unspecified atom stereocenters. The summed E-state index contributed by atoms with van der Waals surface area (Å²) in [4.78, 5) is 4.42. The first-order valence-corrected chi connectivity index (χ1v) is 9.26. The van der Waals surface area contributed by atoms with Crippen LogP contribution in [0.5, 0.6) is 11.5 Å². The van der Waals surface area contributed by atoms with Crippen LogP contribution in [0.25, 0.3) is 0 Å². The average molecular weight is 351 g/mol. The second kappa shape index (κ2) is 7.68. The lowest BCUT2D eigenvalue weighted by molar-refractivity contribution is 0.260. The smallest absolute Gasteiger partial charge is 0.191 e. The maximum Gasteiger partial charge on any atom is 0.191 e. The third-order valence-corrected chi connectivity index (χ3v) is 5.09. The van der Waals surface area contributed by atoms with E-state index in [-0.39, 0.29) is 6.04 Å². The second-order valence-corrected chi connectivity index (χ2v) is 6.70. The second-order valence-electron chi connectivity index (χ2n) is 6.70. The number of aliphatic imine (C=N–C) groups is 1. The summed E-state index contributed by atoms with van der Waals surface area (Å²) < 4.78 is 11.5. The maximum atomic E-state index is 5.76. The van der Waals surface area contributed by atoms with Gasteiger partial charge in [0, 0.05) is 31.5 Å². The zero-order valence-electron chi connectivity index (χ0n) is 15.1. The fraction of sp³-hybridized carbons (Fsp3) is 0.381. The van der Waals surface area contributed by atoms with Crippen molar-refractivity contribution in [1.29, 1.82) is 0 Å². The largest absolute Gasteiger partial charge is 0.493 e. The fourth-order valence-electron chi connectivity index (χ4n) is 3.70. The minimum Gasteiger partial charge on any atom is -0.493 e. The SMILES string of the molecule is CN=C(NCC1CCOc2ccccc21)NC1CCOc2ccccc21. The quantitative estimate of drug-likeness (QED) is 0.658. The number of guanidine groups is 1. The molecule has 2 aliphatic rings. The Morgan fingerprint density at radius 1 is 0.962 bits per heavy atom. The molecule has 0 saturated carbocycles. The van der Waals surface area contributed by atoms with Crippen molar-refractivity contribution >= 4 is 5.96 Å². The van der Waals surface area contributed by atoms with Crippen LogP contribution >= 0.6 is 0 Å². The van der Waals surface area contributed by atoms with Crippen LogP contribution in [0, 0.1) is 0 Å². The third-order valence-electron chi connectivity index (χ3n) is 5.09. The van der Waals surface area contributed by atoms with Gasteiger partial charge in [0.05, 0.1) is 19.3 Å². The van der Waals surface area contributed by atoms with E-state index in [2.05, 4.69) is 39.9 Å². The van der Waals surface area contributed by atoms with Crippen LogP contribution in [0.4, 0.5) is 0 Å². The molecule has 0 bridgehead atoms. The van der Waals surface area contributed by atoms with E-state index in [4.69, 9.17) is 9.47 Å². The molecule has 2 heterocycles. The summed E-state index contributed by atoms with van der Waals surface area (Å²) in [6.45, 7) is 2.33. The van der Waals surface area contributed by atoms with Crippen molar-refractivity contribution in [3.05, 3.63) is 59.7 Å². The van der Waals surface area contributed by atoms with Crippen LogP contribution in [-0.4, -0.2) is 32.8 Å². The predicted octanol–water partition coefficient (Wildman–Crippen LogP) is 3.24. The highest BCUT2D eigenvalue weighted by Gasteiger charge is 2.24. The molecule has 0 aromatic heterocycles. The van der Waals surface area contributed by atoms with E-state index in [1.54, 1.807) is 0 Å². The van der Waals surface area contributed by atoms with E-state index in [9.17, 15) is 0 Å². The number of benzene rings is 2. The number of hydrogen-bond acceptors (Lipinski definition) is 3. The number of nitrogens with zero attached hydrogens (tertiary/aromatic N) is 1. The van der Waals surface area contributed by atoms with Gasteiger partial charge in [-0.1, -0.05) is 36.4 Å². The molecule has 5 heteroatoms. The molecule has 0 saturated heterocycles. The van der Waals surface area contributed by atoms with E-state index in [0.29, 0.717) is 5.92 Å². The van der Waals surface area contributed by atoms with Crippen molar-refractivity contribution in [2.45, 2.75) is 24.8 Å². The van der Waals surface area contributed by atoms with Crippen LogP contribution in [-0.2, 0) is 0 Å². The number of ether oxygens (including phenoxy) is 2. The van der Waals surface area contributed by atoms with Gasteiger partial charge in [-0.05, 0) is 24.1 Å². The van der Waals surface area contributed by atoms with Crippen LogP contribution in [0.3, 0.4) is 0 Å². The zero-order chi connectivity index (χ0) is 17.8. The number of nitrogens with one attached hydrogen (secondary N) is 2. The number of fused-ring (bicyclic) bond motifs is 2. The topological polar surface area (TPSA) is 54.9 Å². The van der Waals surface area contributed by atoms with E-state index in [1.165, 1.54) is 11.1 Å². The van der Waals surface area contributed by atoms with Gasteiger partial charge in [-0.3, -0.25) is 4.99 Å². The van der Waals surface area contributed by atoms with Crippen LogP contribution in [0.2, 0.25) is 0 Å². The van der Waals surface area contributed by atoms with Gasteiger partial charge >= 0.3 is 0 Å². The third kappa shape index (κ3) is 3.47. The molecule has 136 valence electrons.